The number of halogens is 2. The molecule has 0 spiro atoms. The number of hydrogen-bond acceptors (Lipinski definition) is 4. The molecule has 1 atom stereocenters. The molecule has 2 aromatic rings. The minimum absolute atomic E-state index is 0.389. The van der Waals surface area contributed by atoms with E-state index in [1.807, 2.05) is 30.3 Å². The lowest BCUT2D eigenvalue weighted by molar-refractivity contribution is 0.415. The number of benzene rings is 1. The van der Waals surface area contributed by atoms with Crippen LogP contribution < -0.4 is 10.1 Å². The summed E-state index contributed by atoms with van der Waals surface area (Å²) in [6.45, 7) is 0. The van der Waals surface area contributed by atoms with E-state index in [4.69, 9.17) is 4.74 Å². The van der Waals surface area contributed by atoms with Crippen molar-refractivity contribution in [2.45, 2.75) is 6.04 Å². The number of methoxy groups -OCH3 is 1. The summed E-state index contributed by atoms with van der Waals surface area (Å²) in [5.74, 6) is 0.759. The van der Waals surface area contributed by atoms with Crippen LogP contribution >= 0.6 is 43.2 Å². The van der Waals surface area contributed by atoms with Gasteiger partial charge in [0.1, 0.15) is 11.8 Å². The Labute approximate surface area is 132 Å². The predicted molar refractivity (Wildman–Crippen MR) is 84.7 cm³/mol. The van der Waals surface area contributed by atoms with Crippen LogP contribution in [0.5, 0.6) is 5.75 Å². The highest BCUT2D eigenvalue weighted by Crippen LogP contribution is 2.36. The number of nitriles is 1. The highest BCUT2D eigenvalue weighted by atomic mass is 79.9. The van der Waals surface area contributed by atoms with Crippen LogP contribution in [0, 0.1) is 11.3 Å². The second kappa shape index (κ2) is 6.42. The van der Waals surface area contributed by atoms with Crippen LogP contribution in [0.15, 0.2) is 38.6 Å². The molecule has 1 heterocycles. The Morgan fingerprint density at radius 2 is 2.16 bits per heavy atom. The van der Waals surface area contributed by atoms with Crippen molar-refractivity contribution in [3.63, 3.8) is 0 Å². The van der Waals surface area contributed by atoms with Gasteiger partial charge < -0.3 is 10.1 Å². The molecule has 2 rings (SSSR count). The van der Waals surface area contributed by atoms with Crippen LogP contribution in [-0.4, -0.2) is 7.11 Å². The number of nitrogens with zero attached hydrogens (tertiary/aromatic N) is 1. The lowest BCUT2D eigenvalue weighted by Crippen LogP contribution is -2.06. The zero-order valence-electron chi connectivity index (χ0n) is 9.98. The number of rotatable bonds is 4. The summed E-state index contributed by atoms with van der Waals surface area (Å²) in [5, 5.41) is 12.5. The molecule has 98 valence electrons. The maximum atomic E-state index is 9.30. The average Bonchev–Trinajstić information content (AvgIpc) is 2.76. The van der Waals surface area contributed by atoms with Gasteiger partial charge in [0.15, 0.2) is 0 Å². The van der Waals surface area contributed by atoms with Crippen LogP contribution in [0.1, 0.15) is 10.9 Å². The minimum atomic E-state index is -0.389. The summed E-state index contributed by atoms with van der Waals surface area (Å²) in [5.41, 5.74) is 0.853. The summed E-state index contributed by atoms with van der Waals surface area (Å²) in [7, 11) is 1.62. The van der Waals surface area contributed by atoms with Gasteiger partial charge in [0.2, 0.25) is 0 Å². The second-order valence-electron chi connectivity index (χ2n) is 3.71. The molecule has 0 saturated carbocycles. The van der Waals surface area contributed by atoms with Gasteiger partial charge in [-0.05, 0) is 50.1 Å². The van der Waals surface area contributed by atoms with E-state index in [0.717, 1.165) is 24.6 Å². The Bertz CT molecular complexity index is 602. The number of ether oxygens (including phenoxy) is 1. The molecular formula is C13H10Br2N2OS. The summed E-state index contributed by atoms with van der Waals surface area (Å²) >= 11 is 8.39. The highest BCUT2D eigenvalue weighted by molar-refractivity contribution is 9.13. The third-order valence-electron chi connectivity index (χ3n) is 2.46. The quantitative estimate of drug-likeness (QED) is 0.787. The van der Waals surface area contributed by atoms with E-state index in [2.05, 4.69) is 43.2 Å². The van der Waals surface area contributed by atoms with Crippen LogP contribution in [-0.2, 0) is 0 Å². The summed E-state index contributed by atoms with van der Waals surface area (Å²) in [4.78, 5) is 0.948. The van der Waals surface area contributed by atoms with Crippen molar-refractivity contribution in [3.8, 4) is 11.8 Å². The first-order chi connectivity index (χ1) is 9.13. The number of thiophene rings is 1. The fourth-order valence-corrected chi connectivity index (χ4v) is 3.64. The smallest absolute Gasteiger partial charge is 0.149 e. The van der Waals surface area contributed by atoms with Crippen LogP contribution in [0.3, 0.4) is 0 Å². The predicted octanol–water partition coefficient (Wildman–Crippen LogP) is 4.96. The van der Waals surface area contributed by atoms with Crippen molar-refractivity contribution in [1.82, 2.24) is 0 Å². The molecule has 1 aromatic heterocycles. The van der Waals surface area contributed by atoms with Gasteiger partial charge >= 0.3 is 0 Å². The van der Waals surface area contributed by atoms with Gasteiger partial charge in [-0.25, -0.2) is 0 Å². The van der Waals surface area contributed by atoms with Gasteiger partial charge in [0.25, 0.3) is 0 Å². The minimum Gasteiger partial charge on any atom is -0.497 e. The average molecular weight is 402 g/mol. The van der Waals surface area contributed by atoms with E-state index in [1.54, 1.807) is 7.11 Å². The van der Waals surface area contributed by atoms with E-state index in [1.165, 1.54) is 11.3 Å². The largest absolute Gasteiger partial charge is 0.497 e. The first kappa shape index (κ1) is 14.4. The van der Waals surface area contributed by atoms with Crippen molar-refractivity contribution in [1.29, 1.82) is 5.26 Å². The van der Waals surface area contributed by atoms with Gasteiger partial charge in [0.05, 0.1) is 17.0 Å². The molecule has 1 unspecified atom stereocenters. The Hall–Kier alpha value is -1.03. The topological polar surface area (TPSA) is 45.0 Å². The Kier molecular flexibility index (Phi) is 4.86. The van der Waals surface area contributed by atoms with E-state index in [9.17, 15) is 5.26 Å². The Morgan fingerprint density at radius 3 is 2.74 bits per heavy atom. The molecule has 0 aliphatic heterocycles. The van der Waals surface area contributed by atoms with Crippen LogP contribution in [0.25, 0.3) is 0 Å². The van der Waals surface area contributed by atoms with Crippen molar-refractivity contribution in [3.05, 3.63) is 43.5 Å². The fourth-order valence-electron chi connectivity index (χ4n) is 1.55. The Balaban J connectivity index is 2.21. The zero-order chi connectivity index (χ0) is 13.8. The standard InChI is InChI=1S/C13H10Br2N2OS/c1-18-9-4-2-3-8(5-9)17-11(7-16)12-6-10(14)13(15)19-12/h2-6,11,17H,1H3. The molecule has 3 nitrogen and oxygen atoms in total. The molecule has 1 N–H and O–H groups in total. The van der Waals surface area contributed by atoms with Crippen LogP contribution in [0.4, 0.5) is 5.69 Å². The summed E-state index contributed by atoms with van der Waals surface area (Å²) < 4.78 is 7.10. The van der Waals surface area contributed by atoms with Crippen LogP contribution in [0.2, 0.25) is 0 Å². The fraction of sp³-hybridized carbons (Fsp3) is 0.154. The lowest BCUT2D eigenvalue weighted by atomic mass is 10.2. The molecule has 6 heteroatoms. The van der Waals surface area contributed by atoms with Crippen molar-refractivity contribution in [2.24, 2.45) is 0 Å². The van der Waals surface area contributed by atoms with E-state index >= 15 is 0 Å². The molecule has 19 heavy (non-hydrogen) atoms. The zero-order valence-corrected chi connectivity index (χ0v) is 14.0. The van der Waals surface area contributed by atoms with Crippen molar-refractivity contribution in [2.75, 3.05) is 12.4 Å². The SMILES string of the molecule is COc1cccc(NC(C#N)c2cc(Br)c(Br)s2)c1. The molecule has 1 aromatic carbocycles. The first-order valence-electron chi connectivity index (χ1n) is 5.39. The molecule has 0 aliphatic rings. The van der Waals surface area contributed by atoms with Gasteiger partial charge in [-0.1, -0.05) is 6.07 Å². The summed E-state index contributed by atoms with van der Waals surface area (Å²) in [6, 6.07) is 11.3. The molecular weight excluding hydrogens is 392 g/mol. The van der Waals surface area contributed by atoms with Gasteiger partial charge in [-0.3, -0.25) is 0 Å². The highest BCUT2D eigenvalue weighted by Gasteiger charge is 2.15. The van der Waals surface area contributed by atoms with E-state index in [0.29, 0.717) is 0 Å². The van der Waals surface area contributed by atoms with Crippen molar-refractivity contribution < 1.29 is 4.74 Å². The summed E-state index contributed by atoms with van der Waals surface area (Å²) in [6.07, 6.45) is 0. The number of anilines is 1. The lowest BCUT2D eigenvalue weighted by Gasteiger charge is -2.12. The number of nitrogens with one attached hydrogen (secondary N) is 1. The molecule has 0 amide bonds. The second-order valence-corrected chi connectivity index (χ2v) is 6.96. The van der Waals surface area contributed by atoms with E-state index < -0.39 is 0 Å². The number of hydrogen-bond donors (Lipinski definition) is 1. The van der Waals surface area contributed by atoms with E-state index in [-0.39, 0.29) is 6.04 Å². The molecule has 0 fully saturated rings. The third kappa shape index (κ3) is 3.50. The molecule has 0 radical (unpaired) electrons. The molecule has 0 aliphatic carbocycles. The van der Waals surface area contributed by atoms with Gasteiger partial charge in [-0.2, -0.15) is 5.26 Å². The monoisotopic (exact) mass is 400 g/mol. The van der Waals surface area contributed by atoms with Gasteiger partial charge in [0, 0.05) is 21.1 Å². The maximum Gasteiger partial charge on any atom is 0.149 e. The normalized spacial score (nSPS) is 11.7. The molecule has 0 bridgehead atoms. The maximum absolute atomic E-state index is 9.30. The van der Waals surface area contributed by atoms with Crippen molar-refractivity contribution >= 4 is 48.9 Å². The Morgan fingerprint density at radius 1 is 1.37 bits per heavy atom. The third-order valence-corrected chi connectivity index (χ3v) is 5.78. The molecule has 0 saturated heterocycles. The first-order valence-corrected chi connectivity index (χ1v) is 7.79. The van der Waals surface area contributed by atoms with Gasteiger partial charge in [-0.15, -0.1) is 11.3 Å².